The van der Waals surface area contributed by atoms with Crippen molar-refractivity contribution in [1.29, 1.82) is 0 Å². The van der Waals surface area contributed by atoms with Gasteiger partial charge in [-0.15, -0.1) is 28.1 Å². The van der Waals surface area contributed by atoms with E-state index in [0.717, 1.165) is 11.3 Å². The zero-order valence-corrected chi connectivity index (χ0v) is 22.7. The van der Waals surface area contributed by atoms with Gasteiger partial charge in [0, 0.05) is 28.1 Å². The molecule has 37 heavy (non-hydrogen) atoms. The molecule has 2 N–H and O–H groups in total. The molecule has 2 heterocycles. The lowest BCUT2D eigenvalue weighted by atomic mass is 10.1. The molecule has 2 aromatic carbocycles. The molecule has 0 radical (unpaired) electrons. The van der Waals surface area contributed by atoms with Crippen LogP contribution in [0.4, 0.5) is 5.13 Å². The smallest absolute Gasteiger partial charge is 0.251 e. The predicted octanol–water partition coefficient (Wildman–Crippen LogP) is 5.77. The van der Waals surface area contributed by atoms with Crippen LogP contribution in [0.3, 0.4) is 0 Å². The van der Waals surface area contributed by atoms with Crippen LogP contribution in [-0.2, 0) is 11.3 Å². The predicted molar refractivity (Wildman–Crippen MR) is 149 cm³/mol. The van der Waals surface area contributed by atoms with Crippen LogP contribution in [0.25, 0.3) is 11.3 Å². The minimum atomic E-state index is -0.422. The summed E-state index contributed by atoms with van der Waals surface area (Å²) in [7, 11) is 0. The van der Waals surface area contributed by atoms with Crippen molar-refractivity contribution < 1.29 is 9.59 Å². The maximum Gasteiger partial charge on any atom is 0.251 e. The standard InChI is InChI=1S/C26H25ClN6O2S2/c1-4-13-33-23(17(3)28-24(35)19-9-11-20(27)12-10-19)31-32-26(33)37-15-22(34)30-25-29-21(14-36-25)18-7-5-16(2)6-8-18/h4-12,14,17H,1,13,15H2,2-3H3,(H,28,35)(H,29,30,34)/t17-/m1/s1. The molecule has 8 nitrogen and oxygen atoms in total. The molecule has 190 valence electrons. The van der Waals surface area contributed by atoms with Crippen LogP contribution in [0.5, 0.6) is 0 Å². The lowest BCUT2D eigenvalue weighted by Crippen LogP contribution is -2.28. The van der Waals surface area contributed by atoms with Crippen molar-refractivity contribution in [3.8, 4) is 11.3 Å². The Kier molecular flexibility index (Phi) is 8.75. The maximum absolute atomic E-state index is 12.6. The first-order chi connectivity index (χ1) is 17.8. The number of allylic oxidation sites excluding steroid dienone is 1. The Morgan fingerprint density at radius 1 is 1.16 bits per heavy atom. The number of benzene rings is 2. The SMILES string of the molecule is C=CCn1c(SCC(=O)Nc2nc(-c3ccc(C)cc3)cs2)nnc1[C@@H](C)NC(=O)c1ccc(Cl)cc1. The van der Waals surface area contributed by atoms with Gasteiger partial charge < -0.3 is 15.2 Å². The summed E-state index contributed by atoms with van der Waals surface area (Å²) in [6, 6.07) is 14.3. The molecule has 0 aliphatic rings. The number of hydrogen-bond donors (Lipinski definition) is 2. The molecule has 4 aromatic rings. The highest BCUT2D eigenvalue weighted by Gasteiger charge is 2.21. The molecule has 0 aliphatic heterocycles. The first-order valence-corrected chi connectivity index (χ1v) is 13.6. The number of hydrogen-bond acceptors (Lipinski definition) is 7. The minimum Gasteiger partial charge on any atom is -0.342 e. The summed E-state index contributed by atoms with van der Waals surface area (Å²) in [5, 5.41) is 17.8. The molecule has 2 amide bonds. The largest absolute Gasteiger partial charge is 0.342 e. The van der Waals surface area contributed by atoms with Gasteiger partial charge in [-0.3, -0.25) is 9.59 Å². The average Bonchev–Trinajstić information content (AvgIpc) is 3.51. The van der Waals surface area contributed by atoms with Gasteiger partial charge >= 0.3 is 0 Å². The number of aromatic nitrogens is 4. The van der Waals surface area contributed by atoms with E-state index in [-0.39, 0.29) is 17.6 Å². The van der Waals surface area contributed by atoms with Crippen molar-refractivity contribution in [2.24, 2.45) is 0 Å². The summed E-state index contributed by atoms with van der Waals surface area (Å²) < 4.78 is 1.83. The summed E-state index contributed by atoms with van der Waals surface area (Å²) in [6.07, 6.45) is 1.72. The van der Waals surface area contributed by atoms with Gasteiger partial charge in [-0.25, -0.2) is 4.98 Å². The van der Waals surface area contributed by atoms with E-state index >= 15 is 0 Å². The third-order valence-electron chi connectivity index (χ3n) is 5.33. The van der Waals surface area contributed by atoms with Crippen molar-refractivity contribution in [2.75, 3.05) is 11.1 Å². The zero-order chi connectivity index (χ0) is 26.4. The molecule has 0 unspecified atom stereocenters. The number of thiazole rings is 1. The third kappa shape index (κ3) is 6.85. The third-order valence-corrected chi connectivity index (χ3v) is 7.31. The Balaban J connectivity index is 1.37. The van der Waals surface area contributed by atoms with E-state index in [1.807, 2.05) is 48.1 Å². The van der Waals surface area contributed by atoms with Gasteiger partial charge in [0.15, 0.2) is 16.1 Å². The van der Waals surface area contributed by atoms with E-state index in [9.17, 15) is 9.59 Å². The van der Waals surface area contributed by atoms with E-state index in [0.29, 0.717) is 33.2 Å². The van der Waals surface area contributed by atoms with Gasteiger partial charge in [-0.1, -0.05) is 59.3 Å². The Hall–Kier alpha value is -3.47. The van der Waals surface area contributed by atoms with Gasteiger partial charge in [0.25, 0.3) is 5.91 Å². The highest BCUT2D eigenvalue weighted by Crippen LogP contribution is 2.26. The lowest BCUT2D eigenvalue weighted by Gasteiger charge is -2.15. The molecular weight excluding hydrogens is 528 g/mol. The minimum absolute atomic E-state index is 0.125. The molecule has 2 aromatic heterocycles. The molecule has 0 spiro atoms. The molecule has 0 aliphatic carbocycles. The van der Waals surface area contributed by atoms with E-state index in [4.69, 9.17) is 11.6 Å². The molecular formula is C26H25ClN6O2S2. The molecule has 0 saturated heterocycles. The van der Waals surface area contributed by atoms with Crippen LogP contribution in [-0.4, -0.2) is 37.3 Å². The van der Waals surface area contributed by atoms with E-state index < -0.39 is 6.04 Å². The highest BCUT2D eigenvalue weighted by atomic mass is 35.5. The summed E-state index contributed by atoms with van der Waals surface area (Å²) in [4.78, 5) is 29.7. The molecule has 0 bridgehead atoms. The first-order valence-electron chi connectivity index (χ1n) is 11.4. The quantitative estimate of drug-likeness (QED) is 0.191. The average molecular weight is 553 g/mol. The molecule has 11 heteroatoms. The molecule has 4 rings (SSSR count). The summed E-state index contributed by atoms with van der Waals surface area (Å²) >= 11 is 8.54. The van der Waals surface area contributed by atoms with Crippen molar-refractivity contribution >= 4 is 51.6 Å². The topological polar surface area (TPSA) is 102 Å². The fourth-order valence-electron chi connectivity index (χ4n) is 3.45. The Morgan fingerprint density at radius 3 is 2.59 bits per heavy atom. The second-order valence-corrected chi connectivity index (χ2v) is 10.4. The van der Waals surface area contributed by atoms with Gasteiger partial charge in [0.1, 0.15) is 0 Å². The van der Waals surface area contributed by atoms with Crippen LogP contribution in [0.1, 0.15) is 34.7 Å². The second-order valence-electron chi connectivity index (χ2n) is 8.18. The van der Waals surface area contributed by atoms with Gasteiger partial charge in [-0.05, 0) is 38.1 Å². The number of anilines is 1. The normalized spacial score (nSPS) is 11.6. The summed E-state index contributed by atoms with van der Waals surface area (Å²) in [6.45, 7) is 8.09. The van der Waals surface area contributed by atoms with E-state index in [1.54, 1.807) is 30.3 Å². The first kappa shape index (κ1) is 26.6. The van der Waals surface area contributed by atoms with Crippen LogP contribution in [0.2, 0.25) is 5.02 Å². The number of aryl methyl sites for hydroxylation is 1. The number of carbonyl (C=O) groups excluding carboxylic acids is 2. The van der Waals surface area contributed by atoms with Crippen LogP contribution < -0.4 is 10.6 Å². The zero-order valence-electron chi connectivity index (χ0n) is 20.3. The number of halogens is 1. The second kappa shape index (κ2) is 12.2. The Labute approximate surface area is 228 Å². The van der Waals surface area contributed by atoms with Crippen LogP contribution >= 0.6 is 34.7 Å². The van der Waals surface area contributed by atoms with Crippen LogP contribution in [0.15, 0.2) is 71.7 Å². The fourth-order valence-corrected chi connectivity index (χ4v) is 5.06. The number of thioether (sulfide) groups is 1. The lowest BCUT2D eigenvalue weighted by molar-refractivity contribution is -0.113. The van der Waals surface area contributed by atoms with Crippen molar-refractivity contribution in [3.63, 3.8) is 0 Å². The van der Waals surface area contributed by atoms with Gasteiger partial charge in [-0.2, -0.15) is 0 Å². The number of nitrogens with one attached hydrogen (secondary N) is 2. The number of nitrogens with zero attached hydrogens (tertiary/aromatic N) is 4. The molecule has 0 saturated carbocycles. The van der Waals surface area contributed by atoms with Crippen LogP contribution in [0, 0.1) is 6.92 Å². The number of amides is 2. The van der Waals surface area contributed by atoms with Gasteiger partial charge in [0.2, 0.25) is 5.91 Å². The number of carbonyl (C=O) groups is 2. The Morgan fingerprint density at radius 2 is 1.89 bits per heavy atom. The van der Waals surface area contributed by atoms with E-state index in [1.165, 1.54) is 28.7 Å². The highest BCUT2D eigenvalue weighted by molar-refractivity contribution is 7.99. The summed E-state index contributed by atoms with van der Waals surface area (Å²) in [5.41, 5.74) is 3.48. The monoisotopic (exact) mass is 552 g/mol. The van der Waals surface area contributed by atoms with Crippen molar-refractivity contribution in [3.05, 3.63) is 88.5 Å². The van der Waals surface area contributed by atoms with Crippen molar-refractivity contribution in [1.82, 2.24) is 25.1 Å². The molecule has 0 fully saturated rings. The fraction of sp³-hybridized carbons (Fsp3) is 0.192. The van der Waals surface area contributed by atoms with Gasteiger partial charge in [0.05, 0.1) is 17.5 Å². The van der Waals surface area contributed by atoms with Crippen molar-refractivity contribution in [2.45, 2.75) is 31.6 Å². The van der Waals surface area contributed by atoms with E-state index in [2.05, 4.69) is 32.4 Å². The number of rotatable bonds is 10. The Bertz CT molecular complexity index is 1400. The molecule has 1 atom stereocenters. The summed E-state index contributed by atoms with van der Waals surface area (Å²) in [5.74, 6) is 0.237. The maximum atomic E-state index is 12.6.